The van der Waals surface area contributed by atoms with E-state index >= 15 is 0 Å². The first-order valence-electron chi connectivity index (χ1n) is 8.98. The molecule has 1 aliphatic heterocycles. The van der Waals surface area contributed by atoms with Crippen molar-refractivity contribution in [3.05, 3.63) is 27.7 Å². The predicted molar refractivity (Wildman–Crippen MR) is 110 cm³/mol. The lowest BCUT2D eigenvalue weighted by Gasteiger charge is -2.46. The number of piperidine rings is 1. The molecule has 0 saturated carbocycles. The molecule has 3 N–H and O–H groups in total. The topological polar surface area (TPSA) is 62.4 Å². The zero-order chi connectivity index (χ0) is 19.4. The molecule has 1 aromatic carbocycles. The van der Waals surface area contributed by atoms with Crippen LogP contribution in [0.15, 0.2) is 22.7 Å². The average Bonchev–Trinajstić information content (AvgIpc) is 2.45. The molecule has 0 radical (unpaired) electrons. The van der Waals surface area contributed by atoms with Crippen LogP contribution in [0.25, 0.3) is 0 Å². The lowest BCUT2D eigenvalue weighted by molar-refractivity contribution is 0.147. The van der Waals surface area contributed by atoms with E-state index in [1.165, 1.54) is 0 Å². The molecule has 1 heterocycles. The molecule has 2 rings (SSSR count). The summed E-state index contributed by atoms with van der Waals surface area (Å²) in [6.45, 7) is 9.74. The minimum absolute atomic E-state index is 0.0114. The van der Waals surface area contributed by atoms with Gasteiger partial charge in [-0.25, -0.2) is 4.79 Å². The van der Waals surface area contributed by atoms with E-state index in [4.69, 9.17) is 16.3 Å². The van der Waals surface area contributed by atoms with E-state index < -0.39 is 0 Å². The third-order valence-corrected chi connectivity index (χ3v) is 5.07. The van der Waals surface area contributed by atoms with Crippen LogP contribution in [0.3, 0.4) is 0 Å². The highest BCUT2D eigenvalue weighted by Gasteiger charge is 2.38. The standard InChI is InChI=1S/C19H29BrClN3O2/c1-18(2)11-14(12-19(3,4)24-18)23-17(25)22-8-5-9-26-16-7-6-13(20)10-15(16)21/h6-7,10,14,24H,5,8-9,11-12H2,1-4H3,(H2,22,23,25). The van der Waals surface area contributed by atoms with Gasteiger partial charge in [0.15, 0.2) is 0 Å². The van der Waals surface area contributed by atoms with Crippen molar-refractivity contribution >= 4 is 33.6 Å². The van der Waals surface area contributed by atoms with Crippen LogP contribution in [0.2, 0.25) is 5.02 Å². The summed E-state index contributed by atoms with van der Waals surface area (Å²) in [4.78, 5) is 12.1. The smallest absolute Gasteiger partial charge is 0.315 e. The van der Waals surface area contributed by atoms with E-state index in [0.29, 0.717) is 30.3 Å². The second kappa shape index (κ2) is 8.81. The number of urea groups is 1. The van der Waals surface area contributed by atoms with Gasteiger partial charge in [0, 0.05) is 28.1 Å². The molecule has 1 fully saturated rings. The minimum atomic E-state index is -0.120. The summed E-state index contributed by atoms with van der Waals surface area (Å²) in [5.41, 5.74) is 0.0228. The Balaban J connectivity index is 1.67. The molecule has 2 amide bonds. The van der Waals surface area contributed by atoms with E-state index in [9.17, 15) is 4.79 Å². The number of benzene rings is 1. The molecule has 1 aliphatic rings. The van der Waals surface area contributed by atoms with Crippen molar-refractivity contribution in [1.29, 1.82) is 0 Å². The van der Waals surface area contributed by atoms with E-state index in [-0.39, 0.29) is 23.2 Å². The van der Waals surface area contributed by atoms with Crippen molar-refractivity contribution in [2.75, 3.05) is 13.2 Å². The van der Waals surface area contributed by atoms with E-state index in [2.05, 4.69) is 59.6 Å². The van der Waals surface area contributed by atoms with E-state index in [0.717, 1.165) is 17.3 Å². The van der Waals surface area contributed by atoms with Crippen molar-refractivity contribution in [2.24, 2.45) is 0 Å². The molecular weight excluding hydrogens is 418 g/mol. The molecular formula is C19H29BrClN3O2. The third kappa shape index (κ3) is 6.97. The summed E-state index contributed by atoms with van der Waals surface area (Å²) in [5.74, 6) is 0.651. The van der Waals surface area contributed by atoms with Crippen molar-refractivity contribution in [3.8, 4) is 5.75 Å². The summed E-state index contributed by atoms with van der Waals surface area (Å²) in [6.07, 6.45) is 2.53. The monoisotopic (exact) mass is 445 g/mol. The maximum atomic E-state index is 12.1. The van der Waals surface area contributed by atoms with Crippen LogP contribution in [0.5, 0.6) is 5.75 Å². The van der Waals surface area contributed by atoms with Gasteiger partial charge in [0.1, 0.15) is 5.75 Å². The Morgan fingerprint density at radius 3 is 2.58 bits per heavy atom. The first kappa shape index (κ1) is 21.3. The maximum absolute atomic E-state index is 12.1. The second-order valence-electron chi connectivity index (χ2n) is 8.17. The van der Waals surface area contributed by atoms with Gasteiger partial charge in [-0.3, -0.25) is 0 Å². The van der Waals surface area contributed by atoms with Crippen LogP contribution in [0, 0.1) is 0 Å². The number of halogens is 2. The maximum Gasteiger partial charge on any atom is 0.315 e. The fourth-order valence-corrected chi connectivity index (χ4v) is 4.44. The highest BCUT2D eigenvalue weighted by atomic mass is 79.9. The molecule has 0 aromatic heterocycles. The molecule has 1 saturated heterocycles. The van der Waals surface area contributed by atoms with Gasteiger partial charge in [-0.05, 0) is 65.2 Å². The Bertz CT molecular complexity index is 621. The van der Waals surface area contributed by atoms with E-state index in [1.54, 1.807) is 6.07 Å². The molecule has 146 valence electrons. The van der Waals surface area contributed by atoms with E-state index in [1.807, 2.05) is 12.1 Å². The number of carbonyl (C=O) groups excluding carboxylic acids is 1. The number of hydrogen-bond acceptors (Lipinski definition) is 3. The Morgan fingerprint density at radius 2 is 1.96 bits per heavy atom. The number of ether oxygens (including phenoxy) is 1. The molecule has 7 heteroatoms. The highest BCUT2D eigenvalue weighted by molar-refractivity contribution is 9.10. The van der Waals surface area contributed by atoms with Gasteiger partial charge < -0.3 is 20.7 Å². The Hall–Kier alpha value is -0.980. The summed E-state index contributed by atoms with van der Waals surface area (Å²) >= 11 is 9.47. The molecule has 0 atom stereocenters. The van der Waals surface area contributed by atoms with Crippen LogP contribution >= 0.6 is 27.5 Å². The molecule has 26 heavy (non-hydrogen) atoms. The van der Waals surface area contributed by atoms with Crippen LogP contribution in [0.4, 0.5) is 4.79 Å². The van der Waals surface area contributed by atoms with Crippen molar-refractivity contribution in [3.63, 3.8) is 0 Å². The number of amides is 2. The van der Waals surface area contributed by atoms with Gasteiger partial charge in [0.05, 0.1) is 11.6 Å². The fourth-order valence-electron chi connectivity index (χ4n) is 3.71. The molecule has 0 aliphatic carbocycles. The van der Waals surface area contributed by atoms with Gasteiger partial charge in [-0.15, -0.1) is 0 Å². The second-order valence-corrected chi connectivity index (χ2v) is 9.50. The Labute approximate surface area is 169 Å². The van der Waals surface area contributed by atoms with Crippen LogP contribution in [0.1, 0.15) is 47.0 Å². The zero-order valence-corrected chi connectivity index (χ0v) is 18.3. The van der Waals surface area contributed by atoms with Gasteiger partial charge in [0.25, 0.3) is 0 Å². The minimum Gasteiger partial charge on any atom is -0.492 e. The quantitative estimate of drug-likeness (QED) is 0.565. The largest absolute Gasteiger partial charge is 0.492 e. The molecule has 0 unspecified atom stereocenters. The third-order valence-electron chi connectivity index (χ3n) is 4.28. The lowest BCUT2D eigenvalue weighted by atomic mass is 9.80. The molecule has 1 aromatic rings. The summed E-state index contributed by atoms with van der Waals surface area (Å²) in [6, 6.07) is 5.55. The average molecular weight is 447 g/mol. The number of nitrogens with one attached hydrogen (secondary N) is 3. The zero-order valence-electron chi connectivity index (χ0n) is 15.9. The Kier molecular flexibility index (Phi) is 7.22. The van der Waals surface area contributed by atoms with Crippen LogP contribution < -0.4 is 20.7 Å². The molecule has 5 nitrogen and oxygen atoms in total. The summed E-state index contributed by atoms with van der Waals surface area (Å²) in [7, 11) is 0. The highest BCUT2D eigenvalue weighted by Crippen LogP contribution is 2.29. The first-order chi connectivity index (χ1) is 12.1. The van der Waals surface area contributed by atoms with Gasteiger partial charge in [-0.1, -0.05) is 27.5 Å². The van der Waals surface area contributed by atoms with Crippen molar-refractivity contribution in [2.45, 2.75) is 64.1 Å². The van der Waals surface area contributed by atoms with Crippen molar-refractivity contribution in [1.82, 2.24) is 16.0 Å². The summed E-state index contributed by atoms with van der Waals surface area (Å²) < 4.78 is 6.56. The lowest BCUT2D eigenvalue weighted by Crippen LogP contribution is -2.62. The number of carbonyl (C=O) groups is 1. The number of hydrogen-bond donors (Lipinski definition) is 3. The molecule has 0 spiro atoms. The fraction of sp³-hybridized carbons (Fsp3) is 0.632. The predicted octanol–water partition coefficient (Wildman–Crippen LogP) is 4.48. The summed E-state index contributed by atoms with van der Waals surface area (Å²) in [5, 5.41) is 10.2. The van der Waals surface area contributed by atoms with Crippen LogP contribution in [-0.4, -0.2) is 36.3 Å². The number of rotatable bonds is 6. The van der Waals surface area contributed by atoms with Crippen molar-refractivity contribution < 1.29 is 9.53 Å². The normalized spacial score (nSPS) is 19.0. The SMILES string of the molecule is CC1(C)CC(NC(=O)NCCCOc2ccc(Br)cc2Cl)CC(C)(C)N1. The van der Waals surface area contributed by atoms with Gasteiger partial charge >= 0.3 is 6.03 Å². The van der Waals surface area contributed by atoms with Crippen LogP contribution in [-0.2, 0) is 0 Å². The first-order valence-corrected chi connectivity index (χ1v) is 10.1. The Morgan fingerprint density at radius 1 is 1.31 bits per heavy atom. The molecule has 0 bridgehead atoms. The van der Waals surface area contributed by atoms with Gasteiger partial charge in [0.2, 0.25) is 0 Å². The van der Waals surface area contributed by atoms with Gasteiger partial charge in [-0.2, -0.15) is 0 Å².